The van der Waals surface area contributed by atoms with Crippen molar-refractivity contribution in [3.8, 4) is 5.75 Å². The predicted octanol–water partition coefficient (Wildman–Crippen LogP) is 1.69. The summed E-state index contributed by atoms with van der Waals surface area (Å²) in [5, 5.41) is 0. The van der Waals surface area contributed by atoms with Gasteiger partial charge in [-0.2, -0.15) is 0 Å². The molecule has 1 aromatic carbocycles. The molecule has 1 saturated heterocycles. The third kappa shape index (κ3) is 3.30. The van der Waals surface area contributed by atoms with Gasteiger partial charge >= 0.3 is 0 Å². The summed E-state index contributed by atoms with van der Waals surface area (Å²) in [5.74, 6) is -0.0492. The van der Waals surface area contributed by atoms with Crippen molar-refractivity contribution < 1.29 is 14.3 Å². The Morgan fingerprint density at radius 3 is 2.90 bits per heavy atom. The fourth-order valence-electron chi connectivity index (χ4n) is 2.35. The number of hydrogen-bond donors (Lipinski definition) is 1. The van der Waals surface area contributed by atoms with Crippen LogP contribution in [0.15, 0.2) is 28.7 Å². The highest BCUT2D eigenvalue weighted by Crippen LogP contribution is 2.22. The first-order chi connectivity index (χ1) is 9.49. The Kier molecular flexibility index (Phi) is 4.65. The van der Waals surface area contributed by atoms with E-state index in [1.54, 1.807) is 19.1 Å². The van der Waals surface area contributed by atoms with Gasteiger partial charge < -0.3 is 15.4 Å². The van der Waals surface area contributed by atoms with Gasteiger partial charge in [0.2, 0.25) is 5.91 Å². The van der Waals surface area contributed by atoms with Crippen LogP contribution in [-0.2, 0) is 9.59 Å². The Morgan fingerprint density at radius 2 is 2.25 bits per heavy atom. The van der Waals surface area contributed by atoms with Crippen LogP contribution in [0, 0.1) is 0 Å². The predicted molar refractivity (Wildman–Crippen MR) is 78.2 cm³/mol. The maximum Gasteiger partial charge on any atom is 0.264 e. The number of primary amides is 1. The molecule has 0 aliphatic carbocycles. The highest BCUT2D eigenvalue weighted by Gasteiger charge is 2.35. The number of carbonyl (C=O) groups is 2. The quantitative estimate of drug-likeness (QED) is 0.906. The first kappa shape index (κ1) is 14.8. The Balaban J connectivity index is 2.03. The second kappa shape index (κ2) is 6.26. The third-order valence-electron chi connectivity index (χ3n) is 3.32. The largest absolute Gasteiger partial charge is 0.481 e. The first-order valence-corrected chi connectivity index (χ1v) is 7.30. The molecule has 0 radical (unpaired) electrons. The Morgan fingerprint density at radius 1 is 1.50 bits per heavy atom. The van der Waals surface area contributed by atoms with Crippen LogP contribution < -0.4 is 10.5 Å². The summed E-state index contributed by atoms with van der Waals surface area (Å²) >= 11 is 3.35. The van der Waals surface area contributed by atoms with E-state index >= 15 is 0 Å². The lowest BCUT2D eigenvalue weighted by Gasteiger charge is -2.25. The fourth-order valence-corrected chi connectivity index (χ4v) is 2.73. The molecule has 1 fully saturated rings. The number of ether oxygens (including phenoxy) is 1. The van der Waals surface area contributed by atoms with Gasteiger partial charge in [-0.15, -0.1) is 0 Å². The molecule has 108 valence electrons. The zero-order valence-electron chi connectivity index (χ0n) is 11.2. The molecule has 1 aromatic rings. The molecule has 1 aliphatic heterocycles. The van der Waals surface area contributed by atoms with Gasteiger partial charge in [0.15, 0.2) is 6.10 Å². The van der Waals surface area contributed by atoms with Gasteiger partial charge in [-0.25, -0.2) is 0 Å². The highest BCUT2D eigenvalue weighted by molar-refractivity contribution is 9.10. The Hall–Kier alpha value is -1.56. The molecule has 1 heterocycles. The van der Waals surface area contributed by atoms with Crippen molar-refractivity contribution in [2.75, 3.05) is 6.54 Å². The molecule has 2 atom stereocenters. The zero-order valence-corrected chi connectivity index (χ0v) is 12.8. The van der Waals surface area contributed by atoms with Crippen LogP contribution in [0.3, 0.4) is 0 Å². The normalized spacial score (nSPS) is 19.7. The average molecular weight is 341 g/mol. The van der Waals surface area contributed by atoms with Crippen LogP contribution in [0.4, 0.5) is 0 Å². The molecule has 20 heavy (non-hydrogen) atoms. The molecule has 1 aliphatic rings. The van der Waals surface area contributed by atoms with E-state index in [-0.39, 0.29) is 5.91 Å². The van der Waals surface area contributed by atoms with Crippen LogP contribution >= 0.6 is 15.9 Å². The number of hydrogen-bond acceptors (Lipinski definition) is 3. The monoisotopic (exact) mass is 340 g/mol. The molecule has 6 heteroatoms. The molecule has 0 unspecified atom stereocenters. The van der Waals surface area contributed by atoms with Crippen molar-refractivity contribution in [1.82, 2.24) is 4.90 Å². The highest BCUT2D eigenvalue weighted by atomic mass is 79.9. The summed E-state index contributed by atoms with van der Waals surface area (Å²) in [7, 11) is 0. The van der Waals surface area contributed by atoms with Crippen LogP contribution in [0.2, 0.25) is 0 Å². The molecular weight excluding hydrogens is 324 g/mol. The molecule has 2 amide bonds. The summed E-state index contributed by atoms with van der Waals surface area (Å²) in [6.45, 7) is 2.23. The number of halogens is 1. The van der Waals surface area contributed by atoms with E-state index in [2.05, 4.69) is 15.9 Å². The molecule has 2 N–H and O–H groups in total. The first-order valence-electron chi connectivity index (χ1n) is 6.51. The Bertz CT molecular complexity index is 521. The number of carbonyl (C=O) groups excluding carboxylic acids is 2. The van der Waals surface area contributed by atoms with Gasteiger partial charge in [-0.3, -0.25) is 9.59 Å². The lowest BCUT2D eigenvalue weighted by atomic mass is 10.2. The standard InChI is InChI=1S/C14H17BrN2O3/c1-9(20-11-5-2-4-10(15)8-11)14(19)17-7-3-6-12(17)13(16)18/h2,4-5,8-9,12H,3,6-7H2,1H3,(H2,16,18)/t9-,12-/m0/s1. The molecule has 2 rings (SSSR count). The van der Waals surface area contributed by atoms with Crippen LogP contribution in [0.5, 0.6) is 5.75 Å². The minimum atomic E-state index is -0.649. The van der Waals surface area contributed by atoms with Crippen LogP contribution in [0.1, 0.15) is 19.8 Å². The van der Waals surface area contributed by atoms with Crippen molar-refractivity contribution in [2.45, 2.75) is 31.9 Å². The van der Waals surface area contributed by atoms with Gasteiger partial charge in [-0.1, -0.05) is 22.0 Å². The van der Waals surface area contributed by atoms with Gasteiger partial charge in [-0.05, 0) is 38.0 Å². The number of amides is 2. The van der Waals surface area contributed by atoms with Crippen LogP contribution in [-0.4, -0.2) is 35.4 Å². The van der Waals surface area contributed by atoms with E-state index in [1.807, 2.05) is 12.1 Å². The van der Waals surface area contributed by atoms with Gasteiger partial charge in [0.1, 0.15) is 11.8 Å². The van der Waals surface area contributed by atoms with Crippen molar-refractivity contribution in [1.29, 1.82) is 0 Å². The number of nitrogens with two attached hydrogens (primary N) is 1. The number of likely N-dealkylation sites (tertiary alicyclic amines) is 1. The van der Waals surface area contributed by atoms with Gasteiger partial charge in [0, 0.05) is 11.0 Å². The molecule has 5 nitrogen and oxygen atoms in total. The van der Waals surface area contributed by atoms with E-state index in [0.29, 0.717) is 18.7 Å². The van der Waals surface area contributed by atoms with E-state index in [1.165, 1.54) is 4.90 Å². The minimum Gasteiger partial charge on any atom is -0.481 e. The number of nitrogens with zero attached hydrogens (tertiary/aromatic N) is 1. The van der Waals surface area contributed by atoms with E-state index in [0.717, 1.165) is 10.9 Å². The number of benzene rings is 1. The lowest BCUT2D eigenvalue weighted by molar-refractivity contribution is -0.142. The van der Waals surface area contributed by atoms with Crippen molar-refractivity contribution in [2.24, 2.45) is 5.73 Å². The fraction of sp³-hybridized carbons (Fsp3) is 0.429. The smallest absolute Gasteiger partial charge is 0.264 e. The summed E-state index contributed by atoms with van der Waals surface area (Å²) in [5.41, 5.74) is 5.32. The molecule has 0 saturated carbocycles. The lowest BCUT2D eigenvalue weighted by Crippen LogP contribution is -2.48. The molecule has 0 aromatic heterocycles. The number of rotatable bonds is 4. The van der Waals surface area contributed by atoms with Crippen molar-refractivity contribution >= 4 is 27.7 Å². The topological polar surface area (TPSA) is 72.6 Å². The summed E-state index contributed by atoms with van der Waals surface area (Å²) in [6, 6.07) is 6.78. The SMILES string of the molecule is C[C@H](Oc1cccc(Br)c1)C(=O)N1CCC[C@H]1C(N)=O. The van der Waals surface area contributed by atoms with Gasteiger partial charge in [0.05, 0.1) is 0 Å². The molecule has 0 spiro atoms. The van der Waals surface area contributed by atoms with Crippen molar-refractivity contribution in [3.63, 3.8) is 0 Å². The molecular formula is C14H17BrN2O3. The van der Waals surface area contributed by atoms with E-state index in [4.69, 9.17) is 10.5 Å². The maximum atomic E-state index is 12.3. The van der Waals surface area contributed by atoms with Gasteiger partial charge in [0.25, 0.3) is 5.91 Å². The zero-order chi connectivity index (χ0) is 14.7. The molecule has 0 bridgehead atoms. The van der Waals surface area contributed by atoms with E-state index < -0.39 is 18.1 Å². The summed E-state index contributed by atoms with van der Waals surface area (Å²) < 4.78 is 6.50. The maximum absolute atomic E-state index is 12.3. The van der Waals surface area contributed by atoms with E-state index in [9.17, 15) is 9.59 Å². The second-order valence-electron chi connectivity index (χ2n) is 4.81. The van der Waals surface area contributed by atoms with Crippen molar-refractivity contribution in [3.05, 3.63) is 28.7 Å². The summed E-state index contributed by atoms with van der Waals surface area (Å²) in [4.78, 5) is 25.2. The van der Waals surface area contributed by atoms with Crippen LogP contribution in [0.25, 0.3) is 0 Å². The second-order valence-corrected chi connectivity index (χ2v) is 5.73. The Labute approximate surface area is 126 Å². The minimum absolute atomic E-state index is 0.203. The third-order valence-corrected chi connectivity index (χ3v) is 3.81. The summed E-state index contributed by atoms with van der Waals surface area (Å²) in [6.07, 6.45) is 0.775. The average Bonchev–Trinajstić information content (AvgIpc) is 2.87.